The highest BCUT2D eigenvalue weighted by Crippen LogP contribution is 2.28. The minimum absolute atomic E-state index is 0. The van der Waals surface area contributed by atoms with Crippen molar-refractivity contribution < 1.29 is 17.9 Å². The van der Waals surface area contributed by atoms with Gasteiger partial charge >= 0.3 is 5.97 Å². The number of carbonyl (C=O) groups excluding carboxylic acids is 1. The van der Waals surface area contributed by atoms with Crippen LogP contribution in [0.2, 0.25) is 0 Å². The number of piperidine rings is 1. The van der Waals surface area contributed by atoms with E-state index in [-0.39, 0.29) is 29.4 Å². The average Bonchev–Trinajstić information content (AvgIpc) is 2.53. The molecular weight excluding hydrogens is 352 g/mol. The van der Waals surface area contributed by atoms with Crippen LogP contribution in [0.1, 0.15) is 42.1 Å². The van der Waals surface area contributed by atoms with E-state index < -0.39 is 16.0 Å². The van der Waals surface area contributed by atoms with Gasteiger partial charge in [0.15, 0.2) is 0 Å². The molecular formula is C16H25ClN2O4S. The molecule has 1 heterocycles. The Bertz CT molecular complexity index is 691. The molecule has 1 aliphatic rings. The number of hydrogen-bond acceptors (Lipinski definition) is 5. The Morgan fingerprint density at radius 2 is 2.04 bits per heavy atom. The van der Waals surface area contributed by atoms with Crippen molar-refractivity contribution in [3.8, 4) is 0 Å². The van der Waals surface area contributed by atoms with E-state index in [1.807, 2.05) is 6.92 Å². The summed E-state index contributed by atoms with van der Waals surface area (Å²) in [5.41, 5.74) is 6.85. The highest BCUT2D eigenvalue weighted by molar-refractivity contribution is 7.89. The third-order valence-corrected chi connectivity index (χ3v) is 6.37. The van der Waals surface area contributed by atoms with Gasteiger partial charge in [0.05, 0.1) is 17.6 Å². The Kier molecular flexibility index (Phi) is 7.22. The summed E-state index contributed by atoms with van der Waals surface area (Å²) in [5.74, 6) is -0.483. The molecule has 2 atom stereocenters. The lowest BCUT2D eigenvalue weighted by Crippen LogP contribution is -2.51. The molecule has 0 aromatic heterocycles. The molecule has 0 aliphatic carbocycles. The molecule has 0 amide bonds. The number of methoxy groups -OCH3 is 1. The van der Waals surface area contributed by atoms with Crippen molar-refractivity contribution in [2.75, 3.05) is 13.7 Å². The van der Waals surface area contributed by atoms with Crippen LogP contribution in [-0.2, 0) is 14.8 Å². The summed E-state index contributed by atoms with van der Waals surface area (Å²) < 4.78 is 32.2. The second-order valence-electron chi connectivity index (χ2n) is 6.01. The maximum Gasteiger partial charge on any atom is 0.337 e. The van der Waals surface area contributed by atoms with Crippen LogP contribution in [0.3, 0.4) is 0 Å². The number of sulfonamides is 1. The summed E-state index contributed by atoms with van der Waals surface area (Å²) in [6.45, 7) is 4.00. The number of ether oxygens (including phenoxy) is 1. The van der Waals surface area contributed by atoms with Gasteiger partial charge in [-0.1, -0.05) is 6.42 Å². The second-order valence-corrected chi connectivity index (χ2v) is 7.87. The van der Waals surface area contributed by atoms with Crippen LogP contribution in [0.15, 0.2) is 23.1 Å². The normalized spacial score (nSPS) is 20.1. The van der Waals surface area contributed by atoms with Gasteiger partial charge in [0.2, 0.25) is 10.0 Å². The molecule has 1 aromatic rings. The third kappa shape index (κ3) is 4.08. The molecule has 6 nitrogen and oxygen atoms in total. The van der Waals surface area contributed by atoms with Crippen LogP contribution < -0.4 is 5.73 Å². The van der Waals surface area contributed by atoms with E-state index in [2.05, 4.69) is 4.74 Å². The summed E-state index contributed by atoms with van der Waals surface area (Å²) >= 11 is 0. The minimum atomic E-state index is -3.63. The highest BCUT2D eigenvalue weighted by atomic mass is 35.5. The maximum atomic E-state index is 13.0. The number of esters is 1. The van der Waals surface area contributed by atoms with E-state index in [9.17, 15) is 13.2 Å². The molecule has 0 spiro atoms. The summed E-state index contributed by atoms with van der Waals surface area (Å²) in [7, 11) is -2.34. The molecule has 1 saturated heterocycles. The van der Waals surface area contributed by atoms with Gasteiger partial charge in [0, 0.05) is 18.6 Å². The molecule has 0 radical (unpaired) electrons. The minimum Gasteiger partial charge on any atom is -0.465 e. The molecule has 1 fully saturated rings. The Morgan fingerprint density at radius 3 is 2.58 bits per heavy atom. The van der Waals surface area contributed by atoms with E-state index in [1.165, 1.54) is 23.5 Å². The lowest BCUT2D eigenvalue weighted by molar-refractivity contribution is 0.0600. The number of aryl methyl sites for hydroxylation is 1. The monoisotopic (exact) mass is 376 g/mol. The molecule has 2 unspecified atom stereocenters. The predicted molar refractivity (Wildman–Crippen MR) is 94.9 cm³/mol. The quantitative estimate of drug-likeness (QED) is 0.812. The number of nitrogens with two attached hydrogens (primary N) is 1. The number of hydrogen-bond donors (Lipinski definition) is 1. The van der Waals surface area contributed by atoms with Gasteiger partial charge in [-0.25, -0.2) is 13.2 Å². The fraction of sp³-hybridized carbons (Fsp3) is 0.562. The Balaban J connectivity index is 0.00000288. The molecule has 0 bridgehead atoms. The van der Waals surface area contributed by atoms with Crippen molar-refractivity contribution in [1.82, 2.24) is 4.31 Å². The van der Waals surface area contributed by atoms with Crippen LogP contribution in [0.4, 0.5) is 0 Å². The Hall–Kier alpha value is -1.15. The van der Waals surface area contributed by atoms with Gasteiger partial charge < -0.3 is 10.5 Å². The number of benzene rings is 1. The summed E-state index contributed by atoms with van der Waals surface area (Å²) in [6.07, 6.45) is 2.59. The van der Waals surface area contributed by atoms with Gasteiger partial charge in [-0.15, -0.1) is 12.4 Å². The largest absolute Gasteiger partial charge is 0.465 e. The molecule has 136 valence electrons. The fourth-order valence-electron chi connectivity index (χ4n) is 3.06. The van der Waals surface area contributed by atoms with Gasteiger partial charge in [-0.2, -0.15) is 4.31 Å². The predicted octanol–water partition coefficient (Wildman–Crippen LogP) is 2.09. The van der Waals surface area contributed by atoms with Crippen molar-refractivity contribution in [2.45, 2.75) is 50.1 Å². The van der Waals surface area contributed by atoms with Crippen LogP contribution in [0, 0.1) is 6.92 Å². The van der Waals surface area contributed by atoms with Crippen molar-refractivity contribution in [3.63, 3.8) is 0 Å². The first-order chi connectivity index (χ1) is 10.8. The Morgan fingerprint density at radius 1 is 1.38 bits per heavy atom. The standard InChI is InChI=1S/C16H24N2O4S.ClH/c1-11-10-13(16(19)22-3)7-8-15(11)23(20,21)18-9-5-4-6-14(18)12(2)17;/h7-8,10,12,14H,4-6,9,17H2,1-3H3;1H. The Labute approximate surface area is 149 Å². The first-order valence-electron chi connectivity index (χ1n) is 7.75. The lowest BCUT2D eigenvalue weighted by Gasteiger charge is -2.37. The van der Waals surface area contributed by atoms with Crippen LogP contribution >= 0.6 is 12.4 Å². The third-order valence-electron chi connectivity index (χ3n) is 4.29. The van der Waals surface area contributed by atoms with E-state index >= 15 is 0 Å². The van der Waals surface area contributed by atoms with E-state index in [1.54, 1.807) is 13.0 Å². The molecule has 2 N–H and O–H groups in total. The smallest absolute Gasteiger partial charge is 0.337 e. The van der Waals surface area contributed by atoms with Crippen molar-refractivity contribution in [1.29, 1.82) is 0 Å². The summed E-state index contributed by atoms with van der Waals surface area (Å²) in [4.78, 5) is 11.8. The van der Waals surface area contributed by atoms with Gasteiger partial charge in [0.25, 0.3) is 0 Å². The molecule has 0 saturated carbocycles. The number of halogens is 1. The van der Waals surface area contributed by atoms with E-state index in [0.29, 0.717) is 17.7 Å². The zero-order chi connectivity index (χ0) is 17.2. The first kappa shape index (κ1) is 20.9. The van der Waals surface area contributed by atoms with Crippen LogP contribution in [0.25, 0.3) is 0 Å². The van der Waals surface area contributed by atoms with Crippen molar-refractivity contribution >= 4 is 28.4 Å². The molecule has 24 heavy (non-hydrogen) atoms. The molecule has 8 heteroatoms. The van der Waals surface area contributed by atoms with Gasteiger partial charge in [-0.05, 0) is 50.5 Å². The number of nitrogens with zero attached hydrogens (tertiary/aromatic N) is 1. The molecule has 2 rings (SSSR count). The van der Waals surface area contributed by atoms with Crippen LogP contribution in [0.5, 0.6) is 0 Å². The average molecular weight is 377 g/mol. The number of rotatable bonds is 4. The SMILES string of the molecule is COC(=O)c1ccc(S(=O)(=O)N2CCCCC2C(C)N)c(C)c1.Cl. The summed E-state index contributed by atoms with van der Waals surface area (Å²) in [6, 6.07) is 4.09. The summed E-state index contributed by atoms with van der Waals surface area (Å²) in [5, 5.41) is 0. The zero-order valence-electron chi connectivity index (χ0n) is 14.2. The number of carbonyl (C=O) groups is 1. The fourth-order valence-corrected chi connectivity index (χ4v) is 5.05. The first-order valence-corrected chi connectivity index (χ1v) is 9.19. The van der Waals surface area contributed by atoms with Gasteiger partial charge in [-0.3, -0.25) is 0 Å². The molecule has 1 aromatic carbocycles. The zero-order valence-corrected chi connectivity index (χ0v) is 15.8. The lowest BCUT2D eigenvalue weighted by atomic mass is 10.00. The van der Waals surface area contributed by atoms with Crippen molar-refractivity contribution in [3.05, 3.63) is 29.3 Å². The van der Waals surface area contributed by atoms with Gasteiger partial charge in [0.1, 0.15) is 0 Å². The maximum absolute atomic E-state index is 13.0. The van der Waals surface area contributed by atoms with E-state index in [0.717, 1.165) is 19.3 Å². The van der Waals surface area contributed by atoms with Crippen LogP contribution in [-0.4, -0.2) is 44.4 Å². The van der Waals surface area contributed by atoms with Crippen molar-refractivity contribution in [2.24, 2.45) is 5.73 Å². The molecule has 1 aliphatic heterocycles. The topological polar surface area (TPSA) is 89.7 Å². The van der Waals surface area contributed by atoms with E-state index in [4.69, 9.17) is 5.73 Å². The second kappa shape index (κ2) is 8.29. The highest BCUT2D eigenvalue weighted by Gasteiger charge is 2.36.